The van der Waals surface area contributed by atoms with E-state index in [-0.39, 0.29) is 0 Å². The molecule has 1 atom stereocenters. The number of nitrogens with two attached hydrogens (primary N) is 1. The van der Waals surface area contributed by atoms with Crippen LogP contribution in [0.5, 0.6) is 0 Å². The van der Waals surface area contributed by atoms with Crippen LogP contribution < -0.4 is 5.73 Å². The predicted molar refractivity (Wildman–Crippen MR) is 48.6 cm³/mol. The van der Waals surface area contributed by atoms with Crippen LogP contribution in [0.3, 0.4) is 0 Å². The predicted octanol–water partition coefficient (Wildman–Crippen LogP) is 1.93. The first-order valence-corrected chi connectivity index (χ1v) is 4.63. The van der Waals surface area contributed by atoms with E-state index in [2.05, 4.69) is 13.8 Å². The van der Waals surface area contributed by atoms with Crippen molar-refractivity contribution in [3.63, 3.8) is 0 Å². The highest BCUT2D eigenvalue weighted by Crippen LogP contribution is 1.99. The molecule has 0 aromatic carbocycles. The molecule has 11 heavy (non-hydrogen) atoms. The monoisotopic (exact) mass is 159 g/mol. The maximum Gasteiger partial charge on any atom is 0.0544 e. The van der Waals surface area contributed by atoms with Crippen molar-refractivity contribution >= 4 is 0 Å². The molecule has 0 bridgehead atoms. The van der Waals surface area contributed by atoms with Gasteiger partial charge in [0.1, 0.15) is 0 Å². The van der Waals surface area contributed by atoms with Gasteiger partial charge in [-0.2, -0.15) is 0 Å². The van der Waals surface area contributed by atoms with Crippen LogP contribution in [0.1, 0.15) is 39.5 Å². The Bertz CT molecular complexity index is 76.0. The van der Waals surface area contributed by atoms with Crippen LogP contribution in [-0.2, 0) is 4.74 Å². The van der Waals surface area contributed by atoms with Gasteiger partial charge in [-0.15, -0.1) is 0 Å². The van der Waals surface area contributed by atoms with Gasteiger partial charge in [-0.05, 0) is 39.2 Å². The summed E-state index contributed by atoms with van der Waals surface area (Å²) in [5.41, 5.74) is 5.36. The first kappa shape index (κ1) is 10.9. The van der Waals surface area contributed by atoms with Crippen LogP contribution in [-0.4, -0.2) is 19.3 Å². The maximum atomic E-state index is 5.50. The Morgan fingerprint density at radius 3 is 2.55 bits per heavy atom. The molecule has 0 aromatic heterocycles. The van der Waals surface area contributed by atoms with Gasteiger partial charge < -0.3 is 10.5 Å². The largest absolute Gasteiger partial charge is 0.379 e. The first-order chi connectivity index (χ1) is 5.31. The third kappa shape index (κ3) is 7.82. The average Bonchev–Trinajstić information content (AvgIpc) is 2.04. The van der Waals surface area contributed by atoms with Crippen LogP contribution in [0.25, 0.3) is 0 Å². The zero-order chi connectivity index (χ0) is 8.53. The molecule has 0 aliphatic carbocycles. The summed E-state index contributed by atoms with van der Waals surface area (Å²) < 4.78 is 5.50. The molecule has 0 rings (SSSR count). The van der Waals surface area contributed by atoms with Crippen LogP contribution >= 0.6 is 0 Å². The van der Waals surface area contributed by atoms with Gasteiger partial charge in [0.25, 0.3) is 0 Å². The summed E-state index contributed by atoms with van der Waals surface area (Å²) in [5, 5.41) is 0. The lowest BCUT2D eigenvalue weighted by atomic mass is 10.2. The average molecular weight is 159 g/mol. The van der Waals surface area contributed by atoms with Crippen molar-refractivity contribution in [1.82, 2.24) is 0 Å². The minimum atomic E-state index is 0.424. The Balaban J connectivity index is 2.89. The highest BCUT2D eigenvalue weighted by Gasteiger charge is 1.96. The summed E-state index contributed by atoms with van der Waals surface area (Å²) in [7, 11) is 0. The molecule has 0 aromatic rings. The molecule has 0 saturated heterocycles. The number of ether oxygens (including phenoxy) is 1. The van der Waals surface area contributed by atoms with Gasteiger partial charge in [0.2, 0.25) is 0 Å². The van der Waals surface area contributed by atoms with E-state index < -0.39 is 0 Å². The van der Waals surface area contributed by atoms with E-state index in [1.807, 2.05) is 0 Å². The van der Waals surface area contributed by atoms with E-state index in [0.717, 1.165) is 32.4 Å². The maximum absolute atomic E-state index is 5.50. The van der Waals surface area contributed by atoms with Crippen molar-refractivity contribution in [2.45, 2.75) is 45.6 Å². The summed E-state index contributed by atoms with van der Waals surface area (Å²) in [5.74, 6) is 0. The van der Waals surface area contributed by atoms with Crippen LogP contribution in [0.4, 0.5) is 0 Å². The molecule has 0 aliphatic heterocycles. The van der Waals surface area contributed by atoms with E-state index >= 15 is 0 Å². The lowest BCUT2D eigenvalue weighted by Gasteiger charge is -2.09. The van der Waals surface area contributed by atoms with E-state index in [1.165, 1.54) is 6.42 Å². The Labute approximate surface area is 70.1 Å². The standard InChI is InChI=1S/C9H21NO/c1-3-9(2)11-8-6-4-5-7-10/h9H,3-8,10H2,1-2H3. The fourth-order valence-electron chi connectivity index (χ4n) is 0.826. The van der Waals surface area contributed by atoms with Crippen molar-refractivity contribution in [3.8, 4) is 0 Å². The second kappa shape index (κ2) is 8.02. The molecule has 0 spiro atoms. The lowest BCUT2D eigenvalue weighted by molar-refractivity contribution is 0.0609. The number of hydrogen-bond acceptors (Lipinski definition) is 2. The summed E-state index contributed by atoms with van der Waals surface area (Å²) in [6.07, 6.45) is 5.02. The molecule has 2 nitrogen and oxygen atoms in total. The topological polar surface area (TPSA) is 35.2 Å². The van der Waals surface area contributed by atoms with Gasteiger partial charge in [0.15, 0.2) is 0 Å². The lowest BCUT2D eigenvalue weighted by Crippen LogP contribution is -2.07. The second-order valence-electron chi connectivity index (χ2n) is 2.94. The van der Waals surface area contributed by atoms with Gasteiger partial charge in [-0.1, -0.05) is 6.92 Å². The van der Waals surface area contributed by atoms with E-state index in [9.17, 15) is 0 Å². The summed E-state index contributed by atoms with van der Waals surface area (Å²) in [4.78, 5) is 0. The molecule has 0 amide bonds. The van der Waals surface area contributed by atoms with Gasteiger partial charge in [0, 0.05) is 6.61 Å². The van der Waals surface area contributed by atoms with Crippen LogP contribution in [0, 0.1) is 0 Å². The van der Waals surface area contributed by atoms with Crippen molar-refractivity contribution in [2.24, 2.45) is 5.73 Å². The molecular formula is C9H21NO. The van der Waals surface area contributed by atoms with E-state index in [0.29, 0.717) is 6.10 Å². The SMILES string of the molecule is CCC(C)OCCCCCN. The van der Waals surface area contributed by atoms with Gasteiger partial charge in [-0.3, -0.25) is 0 Å². The minimum absolute atomic E-state index is 0.424. The van der Waals surface area contributed by atoms with E-state index in [4.69, 9.17) is 10.5 Å². The number of unbranched alkanes of at least 4 members (excludes halogenated alkanes) is 2. The van der Waals surface area contributed by atoms with Crippen LogP contribution in [0.2, 0.25) is 0 Å². The van der Waals surface area contributed by atoms with Gasteiger partial charge in [0.05, 0.1) is 6.10 Å². The van der Waals surface area contributed by atoms with Gasteiger partial charge >= 0.3 is 0 Å². The highest BCUT2D eigenvalue weighted by molar-refractivity contribution is 4.46. The molecule has 0 fully saturated rings. The minimum Gasteiger partial charge on any atom is -0.379 e. The van der Waals surface area contributed by atoms with Gasteiger partial charge in [-0.25, -0.2) is 0 Å². The van der Waals surface area contributed by atoms with E-state index in [1.54, 1.807) is 0 Å². The normalized spacial score (nSPS) is 13.4. The van der Waals surface area contributed by atoms with Crippen molar-refractivity contribution < 1.29 is 4.74 Å². The fourth-order valence-corrected chi connectivity index (χ4v) is 0.826. The first-order valence-electron chi connectivity index (χ1n) is 4.63. The molecule has 0 heterocycles. The van der Waals surface area contributed by atoms with Crippen molar-refractivity contribution in [3.05, 3.63) is 0 Å². The molecule has 0 aliphatic rings. The number of rotatable bonds is 7. The Kier molecular flexibility index (Phi) is 7.96. The van der Waals surface area contributed by atoms with Crippen molar-refractivity contribution in [2.75, 3.05) is 13.2 Å². The summed E-state index contributed by atoms with van der Waals surface area (Å²) in [6.45, 7) is 5.96. The zero-order valence-electron chi connectivity index (χ0n) is 7.81. The summed E-state index contributed by atoms with van der Waals surface area (Å²) >= 11 is 0. The van der Waals surface area contributed by atoms with Crippen LogP contribution in [0.15, 0.2) is 0 Å². The third-order valence-electron chi connectivity index (χ3n) is 1.83. The molecule has 2 N–H and O–H groups in total. The Morgan fingerprint density at radius 1 is 1.27 bits per heavy atom. The fraction of sp³-hybridized carbons (Fsp3) is 1.00. The highest BCUT2D eigenvalue weighted by atomic mass is 16.5. The molecule has 1 unspecified atom stereocenters. The van der Waals surface area contributed by atoms with Crippen molar-refractivity contribution in [1.29, 1.82) is 0 Å². The Morgan fingerprint density at radius 2 is 2.00 bits per heavy atom. The third-order valence-corrected chi connectivity index (χ3v) is 1.83. The quantitative estimate of drug-likeness (QED) is 0.576. The summed E-state index contributed by atoms with van der Waals surface area (Å²) in [6, 6.07) is 0. The molecule has 0 saturated carbocycles. The molecule has 0 radical (unpaired) electrons. The molecule has 68 valence electrons. The molecular weight excluding hydrogens is 138 g/mol. The Hall–Kier alpha value is -0.0800. The zero-order valence-corrected chi connectivity index (χ0v) is 7.81. The smallest absolute Gasteiger partial charge is 0.0544 e. The second-order valence-corrected chi connectivity index (χ2v) is 2.94. The number of hydrogen-bond donors (Lipinski definition) is 1. The molecule has 2 heteroatoms.